The van der Waals surface area contributed by atoms with Crippen LogP contribution in [0.5, 0.6) is 0 Å². The topological polar surface area (TPSA) is 81.9 Å². The third-order valence-corrected chi connectivity index (χ3v) is 2.96. The predicted molar refractivity (Wildman–Crippen MR) is 54.7 cm³/mol. The van der Waals surface area contributed by atoms with Gasteiger partial charge in [-0.3, -0.25) is 9.48 Å². The zero-order valence-electron chi connectivity index (χ0n) is 9.31. The summed E-state index contributed by atoms with van der Waals surface area (Å²) in [5, 5.41) is 6.41. The van der Waals surface area contributed by atoms with Crippen LogP contribution < -0.4 is 0 Å². The molecular weight excluding hydrogens is 275 g/mol. The third kappa shape index (κ3) is 4.43. The van der Waals surface area contributed by atoms with Gasteiger partial charge in [0, 0.05) is 12.8 Å². The quantitative estimate of drug-likeness (QED) is 0.734. The van der Waals surface area contributed by atoms with Gasteiger partial charge < -0.3 is 0 Å². The molecular formula is C8H10F3N3O3S. The molecule has 0 fully saturated rings. The molecule has 0 saturated heterocycles. The molecule has 0 bridgehead atoms. The molecule has 0 aliphatic carbocycles. The first-order chi connectivity index (χ1) is 8.09. The largest absolute Gasteiger partial charge is 0.456 e. The van der Waals surface area contributed by atoms with Crippen LogP contribution in [0.2, 0.25) is 0 Å². The summed E-state index contributed by atoms with van der Waals surface area (Å²) in [6, 6.07) is 0. The maximum atomic E-state index is 12.0. The summed E-state index contributed by atoms with van der Waals surface area (Å²) in [7, 11) is -3.14. The maximum absolute atomic E-state index is 12.0. The minimum atomic E-state index is -4.99. The van der Waals surface area contributed by atoms with E-state index in [4.69, 9.17) is 0 Å². The van der Waals surface area contributed by atoms with Gasteiger partial charge in [-0.25, -0.2) is 8.42 Å². The van der Waals surface area contributed by atoms with Crippen LogP contribution in [0.4, 0.5) is 13.2 Å². The second kappa shape index (κ2) is 5.04. The number of aryl methyl sites for hydroxylation is 1. The fourth-order valence-corrected chi connectivity index (χ4v) is 1.80. The summed E-state index contributed by atoms with van der Waals surface area (Å²) in [5.41, 5.74) is -0.804. The summed E-state index contributed by atoms with van der Waals surface area (Å²) in [6.07, 6.45) is -2.92. The Labute approximate surface area is 101 Å². The van der Waals surface area contributed by atoms with Crippen molar-refractivity contribution in [2.75, 3.05) is 12.0 Å². The Hall–Kier alpha value is -1.45. The Kier molecular flexibility index (Phi) is 4.09. The molecule has 0 aliphatic heterocycles. The lowest BCUT2D eigenvalue weighted by Gasteiger charge is -2.00. The number of hydrogen-bond acceptors (Lipinski definition) is 5. The molecule has 0 aromatic carbocycles. The molecule has 0 saturated carbocycles. The van der Waals surface area contributed by atoms with Gasteiger partial charge in [0.15, 0.2) is 5.69 Å². The molecule has 102 valence electrons. The second-order valence-corrected chi connectivity index (χ2v) is 5.94. The molecule has 1 rings (SSSR count). The van der Waals surface area contributed by atoms with E-state index in [1.807, 2.05) is 0 Å². The monoisotopic (exact) mass is 285 g/mol. The highest BCUT2D eigenvalue weighted by Crippen LogP contribution is 2.19. The second-order valence-electron chi connectivity index (χ2n) is 3.68. The minimum Gasteiger partial charge on any atom is -0.282 e. The van der Waals surface area contributed by atoms with Crippen LogP contribution in [0.1, 0.15) is 16.9 Å². The van der Waals surface area contributed by atoms with Crippen molar-refractivity contribution in [1.29, 1.82) is 0 Å². The van der Waals surface area contributed by atoms with E-state index in [0.29, 0.717) is 0 Å². The van der Waals surface area contributed by atoms with Gasteiger partial charge in [0.25, 0.3) is 5.78 Å². The van der Waals surface area contributed by atoms with E-state index < -0.39 is 27.5 Å². The Morgan fingerprint density at radius 3 is 2.56 bits per heavy atom. The highest BCUT2D eigenvalue weighted by atomic mass is 32.2. The van der Waals surface area contributed by atoms with Crippen molar-refractivity contribution in [3.05, 3.63) is 11.9 Å². The number of Topliss-reactive ketones (excluding diaryl/α,β-unsaturated/α-hetero) is 1. The molecule has 10 heteroatoms. The lowest BCUT2D eigenvalue weighted by atomic mass is 10.3. The van der Waals surface area contributed by atoms with E-state index in [0.717, 1.165) is 17.1 Å². The van der Waals surface area contributed by atoms with Crippen molar-refractivity contribution in [3.8, 4) is 0 Å². The minimum absolute atomic E-state index is 0.0746. The van der Waals surface area contributed by atoms with Gasteiger partial charge in [-0.15, -0.1) is 5.10 Å². The van der Waals surface area contributed by atoms with Crippen molar-refractivity contribution in [1.82, 2.24) is 15.0 Å². The van der Waals surface area contributed by atoms with Crippen molar-refractivity contribution in [2.45, 2.75) is 19.1 Å². The molecule has 0 spiro atoms. The van der Waals surface area contributed by atoms with Gasteiger partial charge in [0.1, 0.15) is 9.84 Å². The van der Waals surface area contributed by atoms with Crippen LogP contribution in [0.25, 0.3) is 0 Å². The van der Waals surface area contributed by atoms with Gasteiger partial charge in [0.2, 0.25) is 0 Å². The lowest BCUT2D eigenvalue weighted by Crippen LogP contribution is -2.23. The Morgan fingerprint density at radius 1 is 1.44 bits per heavy atom. The van der Waals surface area contributed by atoms with E-state index in [1.54, 1.807) is 0 Å². The lowest BCUT2D eigenvalue weighted by molar-refractivity contribution is -0.0888. The number of alkyl halides is 3. The van der Waals surface area contributed by atoms with Crippen molar-refractivity contribution < 1.29 is 26.4 Å². The van der Waals surface area contributed by atoms with E-state index in [2.05, 4.69) is 10.3 Å². The molecule has 0 atom stereocenters. The van der Waals surface area contributed by atoms with Crippen LogP contribution >= 0.6 is 0 Å². The first-order valence-corrected chi connectivity index (χ1v) is 6.85. The number of sulfone groups is 1. The molecule has 1 aromatic rings. The molecule has 0 aliphatic rings. The van der Waals surface area contributed by atoms with Crippen LogP contribution in [-0.2, 0) is 16.4 Å². The number of aromatic nitrogens is 3. The summed E-state index contributed by atoms with van der Waals surface area (Å²) in [5.74, 6) is -2.19. The average Bonchev–Trinajstić information content (AvgIpc) is 2.61. The number of halogens is 3. The zero-order valence-corrected chi connectivity index (χ0v) is 10.1. The smallest absolute Gasteiger partial charge is 0.282 e. The van der Waals surface area contributed by atoms with Gasteiger partial charge in [-0.2, -0.15) is 13.2 Å². The van der Waals surface area contributed by atoms with Crippen LogP contribution in [-0.4, -0.2) is 47.4 Å². The molecule has 0 amide bonds. The fraction of sp³-hybridized carbons (Fsp3) is 0.625. The number of carbonyl (C=O) groups excluding carboxylic acids is 1. The molecule has 18 heavy (non-hydrogen) atoms. The van der Waals surface area contributed by atoms with Crippen molar-refractivity contribution >= 4 is 15.6 Å². The Morgan fingerprint density at radius 2 is 2.06 bits per heavy atom. The van der Waals surface area contributed by atoms with Gasteiger partial charge >= 0.3 is 6.18 Å². The molecule has 1 heterocycles. The van der Waals surface area contributed by atoms with Crippen LogP contribution in [0.15, 0.2) is 6.20 Å². The highest BCUT2D eigenvalue weighted by molar-refractivity contribution is 7.90. The van der Waals surface area contributed by atoms with E-state index >= 15 is 0 Å². The fourth-order valence-electron chi connectivity index (χ4n) is 1.15. The van der Waals surface area contributed by atoms with Gasteiger partial charge in [-0.1, -0.05) is 5.21 Å². The summed E-state index contributed by atoms with van der Waals surface area (Å²) in [4.78, 5) is 10.8. The van der Waals surface area contributed by atoms with Crippen molar-refractivity contribution in [2.24, 2.45) is 0 Å². The van der Waals surface area contributed by atoms with Gasteiger partial charge in [-0.05, 0) is 6.42 Å². The number of carbonyl (C=O) groups is 1. The van der Waals surface area contributed by atoms with E-state index in [1.165, 1.54) is 0 Å². The maximum Gasteiger partial charge on any atom is 0.456 e. The van der Waals surface area contributed by atoms with Crippen LogP contribution in [0, 0.1) is 0 Å². The number of hydrogen-bond donors (Lipinski definition) is 0. The highest BCUT2D eigenvalue weighted by Gasteiger charge is 2.41. The molecule has 0 unspecified atom stereocenters. The Balaban J connectivity index is 2.62. The summed E-state index contributed by atoms with van der Waals surface area (Å²) >= 11 is 0. The first-order valence-electron chi connectivity index (χ1n) is 4.79. The normalized spacial score (nSPS) is 12.7. The standard InChI is InChI=1S/C8H10F3N3O3S/c1-18(16,17)4-2-3-14-5-6(12-13-14)7(15)8(9,10)11/h5H,2-4H2,1H3. The predicted octanol–water partition coefficient (Wildman–Crippen LogP) is 0.458. The zero-order chi connectivity index (χ0) is 14.0. The summed E-state index contributed by atoms with van der Waals surface area (Å²) in [6.45, 7) is 0.0746. The Bertz CT molecular complexity index is 535. The number of ketones is 1. The molecule has 0 radical (unpaired) electrons. The third-order valence-electron chi connectivity index (χ3n) is 1.93. The van der Waals surface area contributed by atoms with Crippen molar-refractivity contribution in [3.63, 3.8) is 0 Å². The molecule has 6 nitrogen and oxygen atoms in total. The number of nitrogens with zero attached hydrogens (tertiary/aromatic N) is 3. The number of rotatable bonds is 5. The molecule has 0 N–H and O–H groups in total. The van der Waals surface area contributed by atoms with E-state index in [-0.39, 0.29) is 18.7 Å². The molecule has 1 aromatic heterocycles. The SMILES string of the molecule is CS(=O)(=O)CCCn1cc(C(=O)C(F)(F)F)nn1. The first kappa shape index (κ1) is 14.6. The van der Waals surface area contributed by atoms with Crippen LogP contribution in [0.3, 0.4) is 0 Å². The van der Waals surface area contributed by atoms with Gasteiger partial charge in [0.05, 0.1) is 11.9 Å². The summed E-state index contributed by atoms with van der Waals surface area (Å²) < 4.78 is 58.8. The average molecular weight is 285 g/mol. The van der Waals surface area contributed by atoms with E-state index in [9.17, 15) is 26.4 Å².